The van der Waals surface area contributed by atoms with Crippen molar-refractivity contribution in [2.24, 2.45) is 0 Å². The van der Waals surface area contributed by atoms with Gasteiger partial charge < -0.3 is 29.2 Å². The first-order valence-corrected chi connectivity index (χ1v) is 8.56. The summed E-state index contributed by atoms with van der Waals surface area (Å²) in [6.07, 6.45) is -1.50. The average Bonchev–Trinajstić information content (AvgIpc) is 2.58. The Kier molecular flexibility index (Phi) is 3.68. The molecule has 0 radical (unpaired) electrons. The molecule has 0 bridgehead atoms. The lowest BCUT2D eigenvalue weighted by molar-refractivity contribution is -0.0705. The molecule has 2 N–H and O–H groups in total. The van der Waals surface area contributed by atoms with E-state index in [-0.39, 0.29) is 23.0 Å². The molecule has 8 heteroatoms. The Morgan fingerprint density at radius 3 is 1.54 bits per heavy atom. The van der Waals surface area contributed by atoms with Gasteiger partial charge in [-0.25, -0.2) is 0 Å². The minimum absolute atomic E-state index is 0.0495. The van der Waals surface area contributed by atoms with Gasteiger partial charge in [0.15, 0.2) is 23.0 Å². The van der Waals surface area contributed by atoms with Crippen molar-refractivity contribution < 1.29 is 29.2 Å². The maximum Gasteiger partial charge on any atom is 0.227 e. The zero-order chi connectivity index (χ0) is 17.2. The van der Waals surface area contributed by atoms with Crippen LogP contribution in [0, 0.1) is 0 Å². The van der Waals surface area contributed by atoms with E-state index in [0.717, 1.165) is 0 Å². The lowest BCUT2D eigenvalue weighted by Crippen LogP contribution is -2.23. The summed E-state index contributed by atoms with van der Waals surface area (Å²) in [5.74, 6) is 0.414. The molecule has 0 amide bonds. The summed E-state index contributed by atoms with van der Waals surface area (Å²) in [4.78, 5) is 0. The molecule has 2 atom stereocenters. The summed E-state index contributed by atoms with van der Waals surface area (Å²) >= 11 is 6.62. The fourth-order valence-electron chi connectivity index (χ4n) is 3.08. The van der Waals surface area contributed by atoms with Crippen LogP contribution in [0.5, 0.6) is 23.0 Å². The molecule has 2 aliphatic rings. The van der Waals surface area contributed by atoms with Gasteiger partial charge in [0.1, 0.15) is 0 Å². The maximum absolute atomic E-state index is 10.4. The van der Waals surface area contributed by atoms with Crippen LogP contribution in [0.1, 0.15) is 23.7 Å². The Morgan fingerprint density at radius 2 is 1.21 bits per heavy atom. The molecule has 0 saturated heterocycles. The van der Waals surface area contributed by atoms with Crippen LogP contribution < -0.4 is 9.47 Å². The van der Waals surface area contributed by atoms with Gasteiger partial charge in [-0.1, -0.05) is 0 Å². The molecule has 0 unspecified atom stereocenters. The fraction of sp³-hybridized carbons (Fsp3) is 0.250. The van der Waals surface area contributed by atoms with Crippen LogP contribution in [0.15, 0.2) is 21.1 Å². The molecule has 0 aromatic heterocycles. The number of halogens is 2. The Labute approximate surface area is 154 Å². The van der Waals surface area contributed by atoms with Gasteiger partial charge in [0, 0.05) is 36.5 Å². The molecule has 2 aromatic carbocycles. The highest BCUT2D eigenvalue weighted by molar-refractivity contribution is 9.10. The molecule has 0 aliphatic carbocycles. The van der Waals surface area contributed by atoms with E-state index in [1.165, 1.54) is 14.2 Å². The lowest BCUT2D eigenvalue weighted by Gasteiger charge is -2.36. The van der Waals surface area contributed by atoms with Gasteiger partial charge in [-0.2, -0.15) is 0 Å². The number of ether oxygens (including phenoxy) is 4. The summed E-state index contributed by atoms with van der Waals surface area (Å²) < 4.78 is 23.4. The molecule has 2 aromatic rings. The van der Waals surface area contributed by atoms with Crippen molar-refractivity contribution in [1.29, 1.82) is 0 Å². The number of hydrogen-bond acceptors (Lipinski definition) is 6. The van der Waals surface area contributed by atoms with E-state index in [2.05, 4.69) is 31.9 Å². The van der Waals surface area contributed by atoms with Crippen LogP contribution in [0.2, 0.25) is 0 Å². The number of phenolic OH excluding ortho intramolecular Hbond substituents is 2. The Morgan fingerprint density at radius 1 is 0.833 bits per heavy atom. The van der Waals surface area contributed by atoms with Crippen LogP contribution in [0.4, 0.5) is 0 Å². The first-order valence-electron chi connectivity index (χ1n) is 6.97. The van der Waals surface area contributed by atoms with E-state index in [0.29, 0.717) is 31.2 Å². The van der Waals surface area contributed by atoms with Crippen molar-refractivity contribution in [1.82, 2.24) is 0 Å². The van der Waals surface area contributed by atoms with Crippen LogP contribution >= 0.6 is 31.9 Å². The van der Waals surface area contributed by atoms with Crippen LogP contribution in [0.3, 0.4) is 0 Å². The molecule has 24 heavy (non-hydrogen) atoms. The summed E-state index contributed by atoms with van der Waals surface area (Å²) in [5.41, 5.74) is 2.61. The van der Waals surface area contributed by atoms with Gasteiger partial charge in [-0.3, -0.25) is 0 Å². The standard InChI is InChI=1S/C16H12Br2O6/c1-21-15-5-3-7(17)12(20)14-9(5)10-6(16(22-2)24-14)4-8(18)11(19)13(10)23-15/h3-4,15-16,19-20H,1-2H3/t15-,16-/m1/s1. The third-order valence-corrected chi connectivity index (χ3v) is 5.32. The number of aromatic hydroxyl groups is 2. The largest absolute Gasteiger partial charge is 0.503 e. The van der Waals surface area contributed by atoms with E-state index < -0.39 is 12.6 Å². The predicted molar refractivity (Wildman–Crippen MR) is 91.4 cm³/mol. The third kappa shape index (κ3) is 2.00. The first kappa shape index (κ1) is 16.0. The van der Waals surface area contributed by atoms with Crippen LogP contribution in [0.25, 0.3) is 11.1 Å². The number of methoxy groups -OCH3 is 2. The fourth-order valence-corrected chi connectivity index (χ4v) is 3.93. The monoisotopic (exact) mass is 458 g/mol. The molecule has 0 saturated carbocycles. The van der Waals surface area contributed by atoms with Crippen molar-refractivity contribution in [2.75, 3.05) is 14.2 Å². The Hall–Kier alpha value is -1.48. The lowest BCUT2D eigenvalue weighted by atomic mass is 9.88. The minimum Gasteiger partial charge on any atom is -0.503 e. The first-order chi connectivity index (χ1) is 11.5. The highest BCUT2D eigenvalue weighted by atomic mass is 79.9. The molecular weight excluding hydrogens is 448 g/mol. The molecule has 2 heterocycles. The summed E-state index contributed by atoms with van der Waals surface area (Å²) in [6, 6.07) is 3.43. The quantitative estimate of drug-likeness (QED) is 0.694. The third-order valence-electron chi connectivity index (χ3n) is 4.11. The van der Waals surface area contributed by atoms with Crippen molar-refractivity contribution in [2.45, 2.75) is 12.6 Å². The van der Waals surface area contributed by atoms with E-state index in [4.69, 9.17) is 18.9 Å². The second-order valence-corrected chi connectivity index (χ2v) is 7.08. The van der Waals surface area contributed by atoms with Gasteiger partial charge in [0.2, 0.25) is 12.6 Å². The molecular formula is C16H12Br2O6. The minimum atomic E-state index is -0.751. The highest BCUT2D eigenvalue weighted by Crippen LogP contribution is 2.61. The molecule has 2 aliphatic heterocycles. The number of rotatable bonds is 2. The molecule has 6 nitrogen and oxygen atoms in total. The van der Waals surface area contributed by atoms with Gasteiger partial charge >= 0.3 is 0 Å². The smallest absolute Gasteiger partial charge is 0.227 e. The van der Waals surface area contributed by atoms with Crippen molar-refractivity contribution in [3.63, 3.8) is 0 Å². The van der Waals surface area contributed by atoms with Gasteiger partial charge in [0.25, 0.3) is 0 Å². The highest BCUT2D eigenvalue weighted by Gasteiger charge is 2.41. The molecule has 126 valence electrons. The van der Waals surface area contributed by atoms with Crippen molar-refractivity contribution >= 4 is 31.9 Å². The summed E-state index contributed by atoms with van der Waals surface area (Å²) in [6.45, 7) is 0. The second-order valence-electron chi connectivity index (χ2n) is 5.37. The van der Waals surface area contributed by atoms with Gasteiger partial charge in [-0.05, 0) is 44.0 Å². The second kappa shape index (κ2) is 5.52. The SMILES string of the molecule is CO[C@@H]1Oc2c(O)c(Br)cc3c2-c2c1cc(Br)c(O)c2O[C@H]3OC. The van der Waals surface area contributed by atoms with E-state index in [1.54, 1.807) is 12.1 Å². The zero-order valence-electron chi connectivity index (χ0n) is 12.6. The number of phenols is 2. The summed E-state index contributed by atoms with van der Waals surface area (Å²) in [7, 11) is 3.00. The molecule has 0 spiro atoms. The Balaban J connectivity index is 2.15. The van der Waals surface area contributed by atoms with Crippen molar-refractivity contribution in [3.8, 4) is 34.1 Å². The molecule has 0 fully saturated rings. The number of benzene rings is 2. The maximum atomic E-state index is 10.4. The number of hydrogen-bond donors (Lipinski definition) is 2. The van der Waals surface area contributed by atoms with Gasteiger partial charge in [0.05, 0.1) is 8.95 Å². The van der Waals surface area contributed by atoms with E-state index in [1.807, 2.05) is 0 Å². The van der Waals surface area contributed by atoms with E-state index >= 15 is 0 Å². The summed E-state index contributed by atoms with van der Waals surface area (Å²) in [5, 5.41) is 20.8. The van der Waals surface area contributed by atoms with E-state index in [9.17, 15) is 10.2 Å². The Bertz CT molecular complexity index is 795. The topological polar surface area (TPSA) is 77.4 Å². The zero-order valence-corrected chi connectivity index (χ0v) is 15.8. The average molecular weight is 460 g/mol. The van der Waals surface area contributed by atoms with Gasteiger partial charge in [-0.15, -0.1) is 0 Å². The van der Waals surface area contributed by atoms with Crippen LogP contribution in [-0.4, -0.2) is 24.4 Å². The van der Waals surface area contributed by atoms with Crippen molar-refractivity contribution in [3.05, 3.63) is 32.2 Å². The molecule has 4 rings (SSSR count). The van der Waals surface area contributed by atoms with Crippen LogP contribution in [-0.2, 0) is 9.47 Å². The normalized spacial score (nSPS) is 20.2. The predicted octanol–water partition coefficient (Wildman–Crippen LogP) is 4.36.